The summed E-state index contributed by atoms with van der Waals surface area (Å²) < 4.78 is 0. The van der Waals surface area contributed by atoms with E-state index in [1.807, 2.05) is 12.3 Å². The predicted molar refractivity (Wildman–Crippen MR) is 127 cm³/mol. The number of fused-ring (bicyclic) bond motifs is 1. The van der Waals surface area contributed by atoms with Crippen LogP contribution in [0.1, 0.15) is 0 Å². The minimum Gasteiger partial charge on any atom is -0.256 e. The van der Waals surface area contributed by atoms with Crippen molar-refractivity contribution in [2.24, 2.45) is 0 Å². The third-order valence-corrected chi connectivity index (χ3v) is 9.68. The van der Waals surface area contributed by atoms with E-state index in [1.165, 1.54) is 26.6 Å². The van der Waals surface area contributed by atoms with Crippen LogP contribution in [-0.2, 0) is 0 Å². The third kappa shape index (κ3) is 3.05. The zero-order chi connectivity index (χ0) is 19.5. The second kappa shape index (κ2) is 7.62. The highest BCUT2D eigenvalue weighted by Crippen LogP contribution is 2.54. The molecular formula is C27H21NP+. The van der Waals surface area contributed by atoms with E-state index in [2.05, 4.69) is 120 Å². The molecule has 5 aromatic rings. The van der Waals surface area contributed by atoms with E-state index >= 15 is 0 Å². The highest BCUT2D eigenvalue weighted by Gasteiger charge is 2.47. The largest absolute Gasteiger partial charge is 0.256 e. The molecule has 0 radical (unpaired) electrons. The van der Waals surface area contributed by atoms with E-state index in [0.29, 0.717) is 0 Å². The summed E-state index contributed by atoms with van der Waals surface area (Å²) in [4.78, 5) is 4.65. The van der Waals surface area contributed by atoms with Crippen molar-refractivity contribution in [3.8, 4) is 0 Å². The Labute approximate surface area is 172 Å². The first kappa shape index (κ1) is 17.8. The van der Waals surface area contributed by atoms with Crippen LogP contribution in [0.3, 0.4) is 0 Å². The molecule has 29 heavy (non-hydrogen) atoms. The monoisotopic (exact) mass is 390 g/mol. The van der Waals surface area contributed by atoms with Gasteiger partial charge in [-0.3, -0.25) is 4.98 Å². The molecule has 1 nitrogen and oxygen atoms in total. The van der Waals surface area contributed by atoms with Gasteiger partial charge in [0.05, 0.1) is 5.52 Å². The molecule has 0 atom stereocenters. The van der Waals surface area contributed by atoms with Gasteiger partial charge in [-0.25, -0.2) is 0 Å². The zero-order valence-corrected chi connectivity index (χ0v) is 16.9. The van der Waals surface area contributed by atoms with E-state index in [0.717, 1.165) is 5.52 Å². The molecule has 2 heteroatoms. The van der Waals surface area contributed by atoms with Gasteiger partial charge in [-0.05, 0) is 54.6 Å². The molecule has 0 unspecified atom stereocenters. The van der Waals surface area contributed by atoms with Crippen molar-refractivity contribution in [2.45, 2.75) is 0 Å². The molecule has 0 aliphatic carbocycles. The number of hydrogen-bond donors (Lipinski definition) is 0. The lowest BCUT2D eigenvalue weighted by Crippen LogP contribution is -2.38. The third-order valence-electron chi connectivity index (χ3n) is 5.41. The summed E-state index contributed by atoms with van der Waals surface area (Å²) in [6, 6.07) is 43.7. The molecule has 0 N–H and O–H groups in total. The van der Waals surface area contributed by atoms with Crippen molar-refractivity contribution in [1.82, 2.24) is 4.98 Å². The summed E-state index contributed by atoms with van der Waals surface area (Å²) in [6.07, 6.45) is 1.87. The van der Waals surface area contributed by atoms with Crippen LogP contribution in [0.15, 0.2) is 128 Å². The molecule has 0 saturated heterocycles. The summed E-state index contributed by atoms with van der Waals surface area (Å²) in [7, 11) is -2.05. The number of nitrogens with zero attached hydrogens (tertiary/aromatic N) is 1. The van der Waals surface area contributed by atoms with E-state index in [4.69, 9.17) is 0 Å². The Morgan fingerprint density at radius 3 is 1.48 bits per heavy atom. The van der Waals surface area contributed by atoms with Crippen molar-refractivity contribution in [2.75, 3.05) is 0 Å². The van der Waals surface area contributed by atoms with Gasteiger partial charge in [-0.2, -0.15) is 0 Å². The molecule has 0 bridgehead atoms. The molecule has 5 rings (SSSR count). The fraction of sp³-hybridized carbons (Fsp3) is 0. The number of hydrogen-bond acceptors (Lipinski definition) is 1. The van der Waals surface area contributed by atoms with Gasteiger partial charge < -0.3 is 0 Å². The molecule has 0 aliphatic rings. The van der Waals surface area contributed by atoms with Crippen molar-refractivity contribution < 1.29 is 0 Å². The Morgan fingerprint density at radius 2 is 0.966 bits per heavy atom. The molecule has 0 saturated carbocycles. The summed E-state index contributed by atoms with van der Waals surface area (Å²) in [6.45, 7) is 0. The van der Waals surface area contributed by atoms with E-state index < -0.39 is 7.26 Å². The molecular weight excluding hydrogens is 369 g/mol. The van der Waals surface area contributed by atoms with E-state index in [1.54, 1.807) is 0 Å². The Hall–Kier alpha value is -3.28. The molecule has 0 amide bonds. The van der Waals surface area contributed by atoms with Crippen LogP contribution in [0.2, 0.25) is 0 Å². The lowest BCUT2D eigenvalue weighted by atomic mass is 10.2. The highest BCUT2D eigenvalue weighted by atomic mass is 31.2. The Kier molecular flexibility index (Phi) is 4.68. The molecule has 0 spiro atoms. The van der Waals surface area contributed by atoms with Gasteiger partial charge in [-0.1, -0.05) is 60.7 Å². The van der Waals surface area contributed by atoms with Crippen molar-refractivity contribution in [3.05, 3.63) is 128 Å². The molecule has 0 fully saturated rings. The fourth-order valence-corrected chi connectivity index (χ4v) is 8.37. The van der Waals surface area contributed by atoms with Gasteiger partial charge in [0.25, 0.3) is 0 Å². The maximum absolute atomic E-state index is 4.65. The van der Waals surface area contributed by atoms with Gasteiger partial charge in [0, 0.05) is 17.6 Å². The standard InChI is InChI=1S/C27H21NP/c1-4-12-23(13-5-1)29(24-14-6-2-7-15-24,25-16-8-3-9-17-25)26-19-18-22-11-10-20-28-27(22)21-26/h1-21H/q+1. The van der Waals surface area contributed by atoms with Gasteiger partial charge in [0.15, 0.2) is 0 Å². The topological polar surface area (TPSA) is 12.9 Å². The van der Waals surface area contributed by atoms with Crippen LogP contribution in [0.25, 0.3) is 10.9 Å². The summed E-state index contributed by atoms with van der Waals surface area (Å²) in [5.41, 5.74) is 1.04. The normalized spacial score (nSPS) is 11.4. The minimum absolute atomic E-state index is 1.04. The first-order valence-electron chi connectivity index (χ1n) is 9.80. The number of pyridine rings is 1. The Bertz CT molecular complexity index is 1140. The van der Waals surface area contributed by atoms with Gasteiger partial charge in [0.2, 0.25) is 0 Å². The number of rotatable bonds is 4. The molecule has 1 aromatic heterocycles. The van der Waals surface area contributed by atoms with Crippen molar-refractivity contribution in [3.63, 3.8) is 0 Å². The van der Waals surface area contributed by atoms with Crippen LogP contribution in [0.5, 0.6) is 0 Å². The van der Waals surface area contributed by atoms with E-state index in [-0.39, 0.29) is 0 Å². The quantitative estimate of drug-likeness (QED) is 0.400. The summed E-state index contributed by atoms with van der Waals surface area (Å²) in [5.74, 6) is 0. The maximum Gasteiger partial charge on any atom is 0.144 e. The fourth-order valence-electron chi connectivity index (χ4n) is 4.11. The first-order valence-corrected chi connectivity index (χ1v) is 11.6. The lowest BCUT2D eigenvalue weighted by molar-refractivity contribution is 1.42. The maximum atomic E-state index is 4.65. The second-order valence-electron chi connectivity index (χ2n) is 7.06. The van der Waals surface area contributed by atoms with Crippen LogP contribution in [0.4, 0.5) is 0 Å². The predicted octanol–water partition coefficient (Wildman–Crippen LogP) is 4.85. The van der Waals surface area contributed by atoms with Crippen molar-refractivity contribution in [1.29, 1.82) is 0 Å². The van der Waals surface area contributed by atoms with Crippen LogP contribution >= 0.6 is 7.26 Å². The van der Waals surface area contributed by atoms with Crippen LogP contribution < -0.4 is 21.2 Å². The van der Waals surface area contributed by atoms with E-state index in [9.17, 15) is 0 Å². The zero-order valence-electron chi connectivity index (χ0n) is 16.0. The summed E-state index contributed by atoms with van der Waals surface area (Å²) in [5, 5.41) is 6.56. The smallest absolute Gasteiger partial charge is 0.144 e. The van der Waals surface area contributed by atoms with Crippen LogP contribution in [-0.4, -0.2) is 4.98 Å². The van der Waals surface area contributed by atoms with Gasteiger partial charge >= 0.3 is 0 Å². The highest BCUT2D eigenvalue weighted by molar-refractivity contribution is 8.01. The number of benzene rings is 4. The first-order chi connectivity index (χ1) is 14.4. The average molecular weight is 390 g/mol. The SMILES string of the molecule is c1ccc([P+](c2ccccc2)(c2ccccc2)c2ccc3cccnc3c2)cc1. The molecule has 138 valence electrons. The summed E-state index contributed by atoms with van der Waals surface area (Å²) >= 11 is 0. The number of aromatic nitrogens is 1. The minimum atomic E-state index is -2.05. The second-order valence-corrected chi connectivity index (χ2v) is 10.5. The molecule has 4 aromatic carbocycles. The lowest BCUT2D eigenvalue weighted by Gasteiger charge is -2.27. The van der Waals surface area contributed by atoms with Gasteiger partial charge in [-0.15, -0.1) is 0 Å². The molecule has 1 heterocycles. The van der Waals surface area contributed by atoms with Gasteiger partial charge in [0.1, 0.15) is 28.5 Å². The van der Waals surface area contributed by atoms with Crippen molar-refractivity contribution >= 4 is 39.4 Å². The Balaban J connectivity index is 1.92. The molecule has 0 aliphatic heterocycles. The van der Waals surface area contributed by atoms with Crippen LogP contribution in [0, 0.1) is 0 Å². The Morgan fingerprint density at radius 1 is 0.448 bits per heavy atom. The average Bonchev–Trinajstić information content (AvgIpc) is 2.82.